The van der Waals surface area contributed by atoms with Crippen LogP contribution >= 0.6 is 15.6 Å². The molecule has 2 aliphatic rings. The van der Waals surface area contributed by atoms with Gasteiger partial charge in [0, 0.05) is 13.7 Å². The van der Waals surface area contributed by atoms with Crippen LogP contribution in [0.25, 0.3) is 0 Å². The predicted molar refractivity (Wildman–Crippen MR) is 86.9 cm³/mol. The number of aliphatic hydroxyl groups is 4. The Morgan fingerprint density at radius 2 is 1.71 bits per heavy atom. The number of phosphoric acid groups is 2. The molecule has 7 N–H and O–H groups in total. The fourth-order valence-corrected chi connectivity index (χ4v) is 4.54. The van der Waals surface area contributed by atoms with Crippen LogP contribution in [-0.4, -0.2) is 115 Å². The SMILES string of the molecule is COC1CN(C)C(O)N([C@@H]2O[C@H](COP(=O)(O)OP(=O)(O)O)[C@@H](O)[C@H]2O)C1O. The molecule has 2 saturated heterocycles. The Labute approximate surface area is 159 Å². The van der Waals surface area contributed by atoms with E-state index in [1.54, 1.807) is 0 Å². The summed E-state index contributed by atoms with van der Waals surface area (Å²) in [6, 6.07) is 0. The first-order valence-corrected chi connectivity index (χ1v) is 10.9. The Bertz CT molecular complexity index is 634. The smallest absolute Gasteiger partial charge is 0.387 e. The van der Waals surface area contributed by atoms with Gasteiger partial charge in [0.1, 0.15) is 36.9 Å². The maximum absolute atomic E-state index is 11.5. The van der Waals surface area contributed by atoms with Gasteiger partial charge in [0.05, 0.1) is 6.61 Å². The zero-order chi connectivity index (χ0) is 21.4. The molecule has 0 radical (unpaired) electrons. The molecule has 0 bridgehead atoms. The number of ether oxygens (including phenoxy) is 2. The van der Waals surface area contributed by atoms with Crippen LogP contribution in [-0.2, 0) is 27.4 Å². The van der Waals surface area contributed by atoms with Crippen molar-refractivity contribution < 1.29 is 62.5 Å². The van der Waals surface area contributed by atoms with E-state index in [1.165, 1.54) is 19.1 Å². The van der Waals surface area contributed by atoms with Gasteiger partial charge in [0.15, 0.2) is 6.35 Å². The molecule has 166 valence electrons. The largest absolute Gasteiger partial charge is 0.481 e. The second-order valence-electron chi connectivity index (χ2n) is 6.30. The molecule has 2 aliphatic heterocycles. The summed E-state index contributed by atoms with van der Waals surface area (Å²) >= 11 is 0. The fourth-order valence-electron chi connectivity index (χ4n) is 2.95. The molecule has 0 aromatic carbocycles. The lowest BCUT2D eigenvalue weighted by molar-refractivity contribution is -0.294. The Hall–Kier alpha value is -0.0600. The fraction of sp³-hybridized carbons (Fsp3) is 1.00. The minimum Gasteiger partial charge on any atom is -0.387 e. The van der Waals surface area contributed by atoms with E-state index < -0.39 is 65.5 Å². The molecule has 2 rings (SSSR count). The van der Waals surface area contributed by atoms with Gasteiger partial charge in [0.2, 0.25) is 0 Å². The quantitative estimate of drug-likeness (QED) is 0.186. The van der Waals surface area contributed by atoms with Gasteiger partial charge >= 0.3 is 15.6 Å². The first-order chi connectivity index (χ1) is 12.8. The number of aliphatic hydroxyl groups excluding tert-OH is 4. The summed E-state index contributed by atoms with van der Waals surface area (Å²) < 4.78 is 40.6. The summed E-state index contributed by atoms with van der Waals surface area (Å²) in [6.07, 6.45) is -9.91. The lowest BCUT2D eigenvalue weighted by Gasteiger charge is -2.47. The first-order valence-electron chi connectivity index (χ1n) is 7.90. The Morgan fingerprint density at radius 3 is 2.25 bits per heavy atom. The molecule has 0 saturated carbocycles. The number of rotatable bonds is 7. The average Bonchev–Trinajstić information content (AvgIpc) is 2.83. The van der Waals surface area contributed by atoms with Crippen molar-refractivity contribution in [2.24, 2.45) is 0 Å². The van der Waals surface area contributed by atoms with Crippen LogP contribution in [0.4, 0.5) is 0 Å². The van der Waals surface area contributed by atoms with Gasteiger partial charge in [0.25, 0.3) is 0 Å². The monoisotopic (exact) mass is 454 g/mol. The van der Waals surface area contributed by atoms with Gasteiger partial charge in [-0.2, -0.15) is 4.31 Å². The summed E-state index contributed by atoms with van der Waals surface area (Å²) in [5.41, 5.74) is 0. The molecular weight excluding hydrogens is 430 g/mol. The van der Waals surface area contributed by atoms with Gasteiger partial charge in [-0.25, -0.2) is 14.0 Å². The van der Waals surface area contributed by atoms with E-state index in [0.29, 0.717) is 0 Å². The molecular formula is C11H24N2O13P2. The molecule has 0 aromatic heterocycles. The summed E-state index contributed by atoms with van der Waals surface area (Å²) in [6.45, 7) is -0.743. The molecule has 0 aromatic rings. The molecule has 2 heterocycles. The highest BCUT2D eigenvalue weighted by atomic mass is 31.3. The molecule has 28 heavy (non-hydrogen) atoms. The number of phosphoric ester groups is 1. The second-order valence-corrected chi connectivity index (χ2v) is 9.13. The van der Waals surface area contributed by atoms with Crippen LogP contribution in [0.2, 0.25) is 0 Å². The minimum atomic E-state index is -5.33. The molecule has 2 fully saturated rings. The first kappa shape index (κ1) is 24.2. The highest BCUT2D eigenvalue weighted by Crippen LogP contribution is 2.57. The maximum Gasteiger partial charge on any atom is 0.481 e. The number of methoxy groups -OCH3 is 1. The molecule has 0 amide bonds. The normalized spacial score (nSPS) is 40.5. The summed E-state index contributed by atoms with van der Waals surface area (Å²) in [5.74, 6) is 0. The molecule has 17 heteroatoms. The zero-order valence-corrected chi connectivity index (χ0v) is 16.6. The minimum absolute atomic E-state index is 0.153. The third-order valence-electron chi connectivity index (χ3n) is 4.31. The maximum atomic E-state index is 11.5. The highest BCUT2D eigenvalue weighted by molar-refractivity contribution is 7.60. The van der Waals surface area contributed by atoms with Gasteiger partial charge in [-0.05, 0) is 7.05 Å². The number of hydrogen-bond donors (Lipinski definition) is 7. The molecule has 8 atom stereocenters. The van der Waals surface area contributed by atoms with E-state index in [-0.39, 0.29) is 6.54 Å². The highest BCUT2D eigenvalue weighted by Gasteiger charge is 2.53. The van der Waals surface area contributed by atoms with E-state index in [9.17, 15) is 34.4 Å². The third kappa shape index (κ3) is 5.55. The Morgan fingerprint density at radius 1 is 1.11 bits per heavy atom. The van der Waals surface area contributed by atoms with Crippen LogP contribution in [0.15, 0.2) is 0 Å². The van der Waals surface area contributed by atoms with E-state index in [4.69, 9.17) is 19.3 Å². The summed E-state index contributed by atoms with van der Waals surface area (Å²) in [7, 11) is -7.68. The number of nitrogens with zero attached hydrogens (tertiary/aromatic N) is 2. The van der Waals surface area contributed by atoms with Crippen molar-refractivity contribution in [2.45, 2.75) is 43.2 Å². The Balaban J connectivity index is 2.09. The average molecular weight is 454 g/mol. The summed E-state index contributed by atoms with van der Waals surface area (Å²) in [4.78, 5) is 28.7. The van der Waals surface area contributed by atoms with E-state index in [0.717, 1.165) is 4.90 Å². The number of hydrogen-bond acceptors (Lipinski definition) is 12. The van der Waals surface area contributed by atoms with Crippen molar-refractivity contribution in [3.63, 3.8) is 0 Å². The standard InChI is InChI=1S/C11H24N2O13P2/c1-12-3-5(23-2)9(16)13(11(12)17)10-8(15)7(14)6(25-10)4-24-28(21,22)26-27(18,19)20/h5-11,14-17H,3-4H2,1-2H3,(H,21,22)(H2,18,19,20)/t5?,6-,7-,8-,9?,10-,11?/m1/s1. The zero-order valence-electron chi connectivity index (χ0n) is 14.8. The van der Waals surface area contributed by atoms with Gasteiger partial charge in [-0.3, -0.25) is 9.42 Å². The van der Waals surface area contributed by atoms with Crippen LogP contribution in [0.5, 0.6) is 0 Å². The second kappa shape index (κ2) is 8.98. The van der Waals surface area contributed by atoms with Crippen molar-refractivity contribution in [1.82, 2.24) is 9.80 Å². The van der Waals surface area contributed by atoms with E-state index >= 15 is 0 Å². The molecule has 4 unspecified atom stereocenters. The Kier molecular flexibility index (Phi) is 7.76. The van der Waals surface area contributed by atoms with Gasteiger partial charge in [-0.15, -0.1) is 0 Å². The van der Waals surface area contributed by atoms with Crippen LogP contribution < -0.4 is 0 Å². The topological polar surface area (TPSA) is 219 Å². The van der Waals surface area contributed by atoms with Crippen molar-refractivity contribution in [3.05, 3.63) is 0 Å². The van der Waals surface area contributed by atoms with Crippen molar-refractivity contribution in [2.75, 3.05) is 27.3 Å². The van der Waals surface area contributed by atoms with Crippen LogP contribution in [0, 0.1) is 0 Å². The molecule has 0 spiro atoms. The van der Waals surface area contributed by atoms with E-state index in [1.807, 2.05) is 0 Å². The van der Waals surface area contributed by atoms with Crippen molar-refractivity contribution in [1.29, 1.82) is 0 Å². The molecule has 0 aliphatic carbocycles. The summed E-state index contributed by atoms with van der Waals surface area (Å²) in [5, 5.41) is 41.0. The lowest BCUT2D eigenvalue weighted by Crippen LogP contribution is -2.67. The van der Waals surface area contributed by atoms with Crippen molar-refractivity contribution in [3.8, 4) is 0 Å². The van der Waals surface area contributed by atoms with Crippen molar-refractivity contribution >= 4 is 15.6 Å². The third-order valence-corrected chi connectivity index (χ3v) is 6.46. The van der Waals surface area contributed by atoms with Crippen LogP contribution in [0.3, 0.4) is 0 Å². The van der Waals surface area contributed by atoms with Gasteiger partial charge in [-0.1, -0.05) is 0 Å². The van der Waals surface area contributed by atoms with Gasteiger partial charge < -0.3 is 44.6 Å². The lowest BCUT2D eigenvalue weighted by atomic mass is 10.1. The van der Waals surface area contributed by atoms with E-state index in [2.05, 4.69) is 8.83 Å². The van der Waals surface area contributed by atoms with Crippen LogP contribution in [0.1, 0.15) is 0 Å². The predicted octanol–water partition coefficient (Wildman–Crippen LogP) is -3.48. The number of likely N-dealkylation sites (N-methyl/N-ethyl adjacent to an activating group) is 1. The molecule has 15 nitrogen and oxygen atoms in total.